The van der Waals surface area contributed by atoms with Gasteiger partial charge in [-0.25, -0.2) is 0 Å². The monoisotopic (exact) mass is 230 g/mol. The van der Waals surface area contributed by atoms with Crippen LogP contribution in [0.25, 0.3) is 0 Å². The van der Waals surface area contributed by atoms with Crippen molar-refractivity contribution in [3.8, 4) is 6.07 Å². The molecule has 1 aromatic heterocycles. The molecule has 17 heavy (non-hydrogen) atoms. The Morgan fingerprint density at radius 3 is 2.76 bits per heavy atom. The van der Waals surface area contributed by atoms with Crippen LogP contribution >= 0.6 is 0 Å². The standard InChI is InChI=1S/C13H18N4/c1-10-6-15-17(7-10)9-13(8-14,11-2-3-11)16-12-4-5-12/h6-7,11-12,16H,2-5,9H2,1H3. The first-order chi connectivity index (χ1) is 8.22. The van der Waals surface area contributed by atoms with Gasteiger partial charge < -0.3 is 0 Å². The third-order valence-electron chi connectivity index (χ3n) is 3.69. The van der Waals surface area contributed by atoms with E-state index >= 15 is 0 Å². The van der Waals surface area contributed by atoms with Crippen LogP contribution in [0.4, 0.5) is 0 Å². The summed E-state index contributed by atoms with van der Waals surface area (Å²) in [6.45, 7) is 2.71. The number of hydrogen-bond donors (Lipinski definition) is 1. The molecule has 1 atom stereocenters. The van der Waals surface area contributed by atoms with Gasteiger partial charge in [0.2, 0.25) is 0 Å². The number of aryl methyl sites for hydroxylation is 1. The van der Waals surface area contributed by atoms with Gasteiger partial charge in [-0.05, 0) is 44.1 Å². The van der Waals surface area contributed by atoms with E-state index in [9.17, 15) is 5.26 Å². The van der Waals surface area contributed by atoms with Crippen molar-refractivity contribution in [2.24, 2.45) is 5.92 Å². The summed E-state index contributed by atoms with van der Waals surface area (Å²) < 4.78 is 1.91. The Labute approximate surface area is 102 Å². The summed E-state index contributed by atoms with van der Waals surface area (Å²) in [7, 11) is 0. The molecule has 1 N–H and O–H groups in total. The average molecular weight is 230 g/mol. The number of hydrogen-bond acceptors (Lipinski definition) is 3. The van der Waals surface area contributed by atoms with Crippen LogP contribution in [0.3, 0.4) is 0 Å². The highest BCUT2D eigenvalue weighted by Crippen LogP contribution is 2.42. The van der Waals surface area contributed by atoms with Gasteiger partial charge in [0.05, 0.1) is 18.8 Å². The Morgan fingerprint density at radius 2 is 2.29 bits per heavy atom. The smallest absolute Gasteiger partial charge is 0.129 e. The Balaban J connectivity index is 1.79. The van der Waals surface area contributed by atoms with Crippen LogP contribution in [0.15, 0.2) is 12.4 Å². The molecule has 2 aliphatic rings. The minimum atomic E-state index is -0.389. The van der Waals surface area contributed by atoms with E-state index in [0.717, 1.165) is 5.56 Å². The fourth-order valence-electron chi connectivity index (χ4n) is 2.43. The van der Waals surface area contributed by atoms with E-state index in [1.165, 1.54) is 25.7 Å². The number of nitrogens with zero attached hydrogens (tertiary/aromatic N) is 3. The normalized spacial score (nSPS) is 23.1. The second-order valence-corrected chi connectivity index (χ2v) is 5.49. The summed E-state index contributed by atoms with van der Waals surface area (Å²) in [6, 6.07) is 3.10. The van der Waals surface area contributed by atoms with E-state index in [1.807, 2.05) is 24.0 Å². The zero-order chi connectivity index (χ0) is 11.9. The van der Waals surface area contributed by atoms with Crippen molar-refractivity contribution in [1.82, 2.24) is 15.1 Å². The SMILES string of the molecule is Cc1cnn(CC(C#N)(NC2CC2)C2CC2)c1. The largest absolute Gasteiger partial charge is 0.295 e. The van der Waals surface area contributed by atoms with Gasteiger partial charge in [0.1, 0.15) is 5.54 Å². The second-order valence-electron chi connectivity index (χ2n) is 5.49. The molecule has 2 fully saturated rings. The molecule has 0 saturated heterocycles. The van der Waals surface area contributed by atoms with Gasteiger partial charge in [0, 0.05) is 12.2 Å². The van der Waals surface area contributed by atoms with Crippen LogP contribution in [-0.2, 0) is 6.54 Å². The van der Waals surface area contributed by atoms with Gasteiger partial charge in [-0.15, -0.1) is 0 Å². The lowest BCUT2D eigenvalue weighted by Gasteiger charge is -2.28. The van der Waals surface area contributed by atoms with Crippen molar-refractivity contribution in [2.45, 2.75) is 50.7 Å². The van der Waals surface area contributed by atoms with Crippen LogP contribution in [0, 0.1) is 24.2 Å². The number of nitriles is 1. The van der Waals surface area contributed by atoms with Gasteiger partial charge in [-0.3, -0.25) is 10.00 Å². The first-order valence-electron chi connectivity index (χ1n) is 6.40. The van der Waals surface area contributed by atoms with Crippen molar-refractivity contribution in [3.63, 3.8) is 0 Å². The molecule has 2 aliphatic carbocycles. The third-order valence-corrected chi connectivity index (χ3v) is 3.69. The average Bonchev–Trinajstić information content (AvgIpc) is 3.19. The van der Waals surface area contributed by atoms with Crippen molar-refractivity contribution in [1.29, 1.82) is 5.26 Å². The highest BCUT2D eigenvalue weighted by Gasteiger charge is 2.48. The maximum absolute atomic E-state index is 9.58. The van der Waals surface area contributed by atoms with E-state index in [0.29, 0.717) is 18.5 Å². The fraction of sp³-hybridized carbons (Fsp3) is 0.692. The van der Waals surface area contributed by atoms with Crippen LogP contribution in [0.5, 0.6) is 0 Å². The fourth-order valence-corrected chi connectivity index (χ4v) is 2.43. The van der Waals surface area contributed by atoms with E-state index in [1.54, 1.807) is 0 Å². The molecule has 1 unspecified atom stereocenters. The van der Waals surface area contributed by atoms with E-state index in [4.69, 9.17) is 0 Å². The lowest BCUT2D eigenvalue weighted by atomic mass is 9.94. The predicted molar refractivity (Wildman–Crippen MR) is 64.2 cm³/mol. The highest BCUT2D eigenvalue weighted by molar-refractivity contribution is 5.17. The van der Waals surface area contributed by atoms with Crippen molar-refractivity contribution < 1.29 is 0 Å². The maximum atomic E-state index is 9.58. The minimum Gasteiger partial charge on any atom is -0.295 e. The highest BCUT2D eigenvalue weighted by atomic mass is 15.3. The van der Waals surface area contributed by atoms with Crippen molar-refractivity contribution >= 4 is 0 Å². The Morgan fingerprint density at radius 1 is 1.53 bits per heavy atom. The molecule has 4 nitrogen and oxygen atoms in total. The van der Waals surface area contributed by atoms with Gasteiger partial charge in [0.25, 0.3) is 0 Å². The van der Waals surface area contributed by atoms with Crippen LogP contribution < -0.4 is 5.32 Å². The van der Waals surface area contributed by atoms with Crippen molar-refractivity contribution in [3.05, 3.63) is 18.0 Å². The Bertz CT molecular complexity index is 450. The molecular formula is C13H18N4. The van der Waals surface area contributed by atoms with Gasteiger partial charge >= 0.3 is 0 Å². The first kappa shape index (κ1) is 10.8. The number of rotatable bonds is 5. The van der Waals surface area contributed by atoms with Gasteiger partial charge in [0.15, 0.2) is 0 Å². The molecule has 3 rings (SSSR count). The molecule has 0 aliphatic heterocycles. The topological polar surface area (TPSA) is 53.6 Å². The molecule has 0 amide bonds. The summed E-state index contributed by atoms with van der Waals surface area (Å²) in [5.41, 5.74) is 0.763. The molecule has 1 heterocycles. The molecule has 0 aromatic carbocycles. The first-order valence-corrected chi connectivity index (χ1v) is 6.40. The number of nitrogens with one attached hydrogen (secondary N) is 1. The molecule has 0 radical (unpaired) electrons. The summed E-state index contributed by atoms with van der Waals surface area (Å²) in [5, 5.41) is 17.4. The molecule has 2 saturated carbocycles. The lowest BCUT2D eigenvalue weighted by molar-refractivity contribution is 0.302. The van der Waals surface area contributed by atoms with Crippen LogP contribution in [0.1, 0.15) is 31.2 Å². The zero-order valence-corrected chi connectivity index (χ0v) is 10.2. The van der Waals surface area contributed by atoms with E-state index < -0.39 is 0 Å². The molecule has 4 heteroatoms. The van der Waals surface area contributed by atoms with Gasteiger partial charge in [-0.1, -0.05) is 0 Å². The van der Waals surface area contributed by atoms with E-state index in [-0.39, 0.29) is 5.54 Å². The molecule has 90 valence electrons. The zero-order valence-electron chi connectivity index (χ0n) is 10.2. The van der Waals surface area contributed by atoms with Crippen LogP contribution in [0.2, 0.25) is 0 Å². The molecule has 1 aromatic rings. The maximum Gasteiger partial charge on any atom is 0.129 e. The summed E-state index contributed by atoms with van der Waals surface area (Å²) >= 11 is 0. The third kappa shape index (κ3) is 2.20. The summed E-state index contributed by atoms with van der Waals surface area (Å²) in [4.78, 5) is 0. The number of aromatic nitrogens is 2. The van der Waals surface area contributed by atoms with Crippen molar-refractivity contribution in [2.75, 3.05) is 0 Å². The molecule has 0 bridgehead atoms. The summed E-state index contributed by atoms with van der Waals surface area (Å²) in [6.07, 6.45) is 8.65. The van der Waals surface area contributed by atoms with Crippen LogP contribution in [-0.4, -0.2) is 21.4 Å². The summed E-state index contributed by atoms with van der Waals surface area (Å²) in [5.74, 6) is 0.512. The Hall–Kier alpha value is -1.34. The van der Waals surface area contributed by atoms with Gasteiger partial charge in [-0.2, -0.15) is 10.4 Å². The predicted octanol–water partition coefficient (Wildman–Crippen LogP) is 1.62. The van der Waals surface area contributed by atoms with E-state index in [2.05, 4.69) is 16.5 Å². The lowest BCUT2D eigenvalue weighted by Crippen LogP contribution is -2.50. The molecular weight excluding hydrogens is 212 g/mol. The molecule has 0 spiro atoms. The minimum absolute atomic E-state index is 0.389. The second kappa shape index (κ2) is 3.85. The quantitative estimate of drug-likeness (QED) is 0.836. The Kier molecular flexibility index (Phi) is 2.44.